The summed E-state index contributed by atoms with van der Waals surface area (Å²) in [4.78, 5) is 14.2. The predicted molar refractivity (Wildman–Crippen MR) is 164 cm³/mol. The zero-order valence-corrected chi connectivity index (χ0v) is 26.3. The average molecular weight is 570 g/mol. The van der Waals surface area contributed by atoms with Gasteiger partial charge in [0.1, 0.15) is 18.1 Å². The van der Waals surface area contributed by atoms with Crippen LogP contribution in [-0.4, -0.2) is 74.7 Å². The van der Waals surface area contributed by atoms with Crippen molar-refractivity contribution < 1.29 is 28.8 Å². The number of carbonyl (C=O) groups excluding carboxylic acids is 1. The van der Waals surface area contributed by atoms with E-state index in [2.05, 4.69) is 64.6 Å². The van der Waals surface area contributed by atoms with Crippen LogP contribution in [0, 0.1) is 0 Å². The second-order valence-electron chi connectivity index (χ2n) is 13.0. The molecule has 0 amide bonds. The van der Waals surface area contributed by atoms with Crippen molar-refractivity contribution in [3.8, 4) is 22.6 Å². The first-order valence-corrected chi connectivity index (χ1v) is 15.1. The minimum Gasteiger partial charge on any atom is -0.491 e. The highest BCUT2D eigenvalue weighted by Crippen LogP contribution is 2.38. The third-order valence-electron chi connectivity index (χ3n) is 7.27. The minimum atomic E-state index is -0.475. The van der Waals surface area contributed by atoms with Crippen LogP contribution in [0.5, 0.6) is 11.5 Å². The van der Waals surface area contributed by atoms with Gasteiger partial charge in [0.15, 0.2) is 6.61 Å². The van der Waals surface area contributed by atoms with Crippen molar-refractivity contribution >= 4 is 5.97 Å². The van der Waals surface area contributed by atoms with E-state index in [-0.39, 0.29) is 23.4 Å². The van der Waals surface area contributed by atoms with Crippen molar-refractivity contribution in [1.29, 1.82) is 0 Å². The quantitative estimate of drug-likeness (QED) is 0.230. The molecule has 0 saturated carbocycles. The maximum Gasteiger partial charge on any atom is 0.344 e. The Bertz CT molecular complexity index is 1110. The van der Waals surface area contributed by atoms with Gasteiger partial charge in [-0.25, -0.2) is 4.79 Å². The van der Waals surface area contributed by atoms with Crippen molar-refractivity contribution in [2.24, 2.45) is 0 Å². The predicted octanol–water partition coefficient (Wildman–Crippen LogP) is 6.13. The van der Waals surface area contributed by atoms with Gasteiger partial charge >= 0.3 is 5.97 Å². The third-order valence-corrected chi connectivity index (χ3v) is 7.27. The third kappa shape index (κ3) is 10.3. The Morgan fingerprint density at radius 1 is 0.854 bits per heavy atom. The summed E-state index contributed by atoms with van der Waals surface area (Å²) in [5.41, 5.74) is 3.98. The fourth-order valence-electron chi connectivity index (χ4n) is 5.11. The molecule has 7 nitrogen and oxygen atoms in total. The van der Waals surface area contributed by atoms with Crippen LogP contribution in [-0.2, 0) is 25.1 Å². The molecule has 1 unspecified atom stereocenters. The number of rotatable bonds is 13. The van der Waals surface area contributed by atoms with Gasteiger partial charge in [-0.15, -0.1) is 0 Å². The van der Waals surface area contributed by atoms with Crippen LogP contribution in [0.2, 0.25) is 0 Å². The number of esters is 1. The lowest BCUT2D eigenvalue weighted by molar-refractivity contribution is -0.145. The molecule has 1 saturated heterocycles. The normalized spacial score (nSPS) is 15.4. The van der Waals surface area contributed by atoms with E-state index in [9.17, 15) is 9.90 Å². The molecule has 1 aliphatic rings. The maximum absolute atomic E-state index is 11.9. The fourth-order valence-corrected chi connectivity index (χ4v) is 5.11. The molecule has 2 aromatic rings. The van der Waals surface area contributed by atoms with Crippen LogP contribution >= 0.6 is 0 Å². The van der Waals surface area contributed by atoms with Crippen LogP contribution < -0.4 is 9.47 Å². The van der Waals surface area contributed by atoms with E-state index in [0.717, 1.165) is 41.1 Å². The Kier molecular flexibility index (Phi) is 12.1. The number of piperidine rings is 1. The summed E-state index contributed by atoms with van der Waals surface area (Å²) in [7, 11) is 0. The summed E-state index contributed by atoms with van der Waals surface area (Å²) in [5, 5.41) is 10.3. The zero-order valence-electron chi connectivity index (χ0n) is 26.3. The van der Waals surface area contributed by atoms with Crippen LogP contribution in [0.1, 0.15) is 78.9 Å². The molecular weight excluding hydrogens is 518 g/mol. The Labute approximate surface area is 247 Å². The molecule has 1 fully saturated rings. The number of ether oxygens (including phenoxy) is 4. The smallest absolute Gasteiger partial charge is 0.344 e. The first kappa shape index (κ1) is 32.9. The minimum absolute atomic E-state index is 0.113. The van der Waals surface area contributed by atoms with Gasteiger partial charge in [-0.3, -0.25) is 0 Å². The fraction of sp³-hybridized carbons (Fsp3) is 0.618. The summed E-state index contributed by atoms with van der Waals surface area (Å²) in [6.45, 7) is 18.9. The molecule has 228 valence electrons. The monoisotopic (exact) mass is 569 g/mol. The molecule has 0 aliphatic carbocycles. The van der Waals surface area contributed by atoms with E-state index in [1.807, 2.05) is 18.2 Å². The number of benzene rings is 2. The number of hydrogen-bond donors (Lipinski definition) is 1. The molecule has 0 spiro atoms. The van der Waals surface area contributed by atoms with Crippen molar-refractivity contribution in [3.63, 3.8) is 0 Å². The SMILES string of the molecule is CCOC(=O)COc1ccc(-c2ccc(OCCOCC(O)CN3CCCCC3)c(C(C)(C)C)c2)cc1C(C)(C)C. The molecule has 7 heteroatoms. The maximum atomic E-state index is 11.9. The molecule has 0 aromatic heterocycles. The van der Waals surface area contributed by atoms with Gasteiger partial charge in [0.2, 0.25) is 0 Å². The first-order valence-electron chi connectivity index (χ1n) is 15.1. The Morgan fingerprint density at radius 2 is 1.41 bits per heavy atom. The molecule has 1 N–H and O–H groups in total. The number of carbonyl (C=O) groups is 1. The summed E-state index contributed by atoms with van der Waals surface area (Å²) in [6, 6.07) is 12.4. The summed E-state index contributed by atoms with van der Waals surface area (Å²) >= 11 is 0. The molecule has 41 heavy (non-hydrogen) atoms. The van der Waals surface area contributed by atoms with E-state index >= 15 is 0 Å². The topological polar surface area (TPSA) is 77.5 Å². The van der Waals surface area contributed by atoms with Gasteiger partial charge in [-0.1, -0.05) is 60.1 Å². The van der Waals surface area contributed by atoms with Gasteiger partial charge in [0.05, 0.1) is 25.9 Å². The van der Waals surface area contributed by atoms with Gasteiger partial charge in [0.25, 0.3) is 0 Å². The molecule has 3 rings (SSSR count). The standard InChI is InChI=1S/C34H51NO6/c1-8-39-32(37)24-41-31-15-13-26(21-29(31)34(5,6)7)25-12-14-30(28(20-25)33(2,3)4)40-19-18-38-23-27(36)22-35-16-10-9-11-17-35/h12-15,20-21,27,36H,8-11,16-19,22-24H2,1-7H3. The van der Waals surface area contributed by atoms with Gasteiger partial charge in [0, 0.05) is 17.7 Å². The van der Waals surface area contributed by atoms with Crippen LogP contribution in [0.25, 0.3) is 11.1 Å². The van der Waals surface area contributed by atoms with Gasteiger partial charge in [-0.05, 0) is 79.1 Å². The second kappa shape index (κ2) is 15.0. The average Bonchev–Trinajstić information content (AvgIpc) is 2.91. The molecule has 2 aromatic carbocycles. The first-order chi connectivity index (χ1) is 19.4. The van der Waals surface area contributed by atoms with Gasteiger partial charge in [-0.2, -0.15) is 0 Å². The molecule has 0 bridgehead atoms. The second-order valence-corrected chi connectivity index (χ2v) is 13.0. The van der Waals surface area contributed by atoms with Gasteiger partial charge < -0.3 is 29.0 Å². The zero-order chi connectivity index (χ0) is 30.0. The highest BCUT2D eigenvalue weighted by molar-refractivity contribution is 5.72. The Balaban J connectivity index is 1.67. The number of aliphatic hydroxyl groups is 1. The number of likely N-dealkylation sites (tertiary alicyclic amines) is 1. The number of nitrogens with zero attached hydrogens (tertiary/aromatic N) is 1. The largest absolute Gasteiger partial charge is 0.491 e. The summed E-state index contributed by atoms with van der Waals surface area (Å²) in [5.74, 6) is 1.15. The summed E-state index contributed by atoms with van der Waals surface area (Å²) < 4.78 is 22.8. The number of aliphatic hydroxyl groups excluding tert-OH is 1. The van der Waals surface area contributed by atoms with Crippen LogP contribution in [0.15, 0.2) is 36.4 Å². The molecule has 1 atom stereocenters. The van der Waals surface area contributed by atoms with Crippen LogP contribution in [0.3, 0.4) is 0 Å². The van der Waals surface area contributed by atoms with Crippen LogP contribution in [0.4, 0.5) is 0 Å². The van der Waals surface area contributed by atoms with Crippen molar-refractivity contribution in [2.45, 2.75) is 84.7 Å². The van der Waals surface area contributed by atoms with E-state index in [0.29, 0.717) is 38.7 Å². The van der Waals surface area contributed by atoms with E-state index in [1.54, 1.807) is 6.92 Å². The number of β-amino-alcohol motifs (C(OH)–C–C–N with tert-alkyl or cyclic N) is 1. The summed E-state index contributed by atoms with van der Waals surface area (Å²) in [6.07, 6.45) is 3.24. The lowest BCUT2D eigenvalue weighted by Crippen LogP contribution is -2.38. The molecule has 0 radical (unpaired) electrons. The molecule has 1 aliphatic heterocycles. The molecular formula is C34H51NO6. The van der Waals surface area contributed by atoms with E-state index < -0.39 is 6.10 Å². The lowest BCUT2D eigenvalue weighted by Gasteiger charge is -2.28. The number of hydrogen-bond acceptors (Lipinski definition) is 7. The lowest BCUT2D eigenvalue weighted by atomic mass is 9.82. The van der Waals surface area contributed by atoms with Crippen molar-refractivity contribution in [1.82, 2.24) is 4.90 Å². The Hall–Kier alpha value is -2.61. The van der Waals surface area contributed by atoms with E-state index in [4.69, 9.17) is 18.9 Å². The molecule has 1 heterocycles. The highest BCUT2D eigenvalue weighted by atomic mass is 16.6. The van der Waals surface area contributed by atoms with Crippen molar-refractivity contribution in [3.05, 3.63) is 47.5 Å². The van der Waals surface area contributed by atoms with E-state index in [1.165, 1.54) is 19.3 Å². The van der Waals surface area contributed by atoms with Crippen molar-refractivity contribution in [2.75, 3.05) is 52.7 Å². The Morgan fingerprint density at radius 3 is 1.95 bits per heavy atom. The highest BCUT2D eigenvalue weighted by Gasteiger charge is 2.23.